The van der Waals surface area contributed by atoms with E-state index in [1.54, 1.807) is 24.5 Å². The van der Waals surface area contributed by atoms with E-state index in [1.807, 2.05) is 25.1 Å². The maximum Gasteiger partial charge on any atom is 0.240 e. The highest BCUT2D eigenvalue weighted by Crippen LogP contribution is 2.17. The molecular formula is C14H18N2O3S. The fourth-order valence-corrected chi connectivity index (χ4v) is 2.64. The van der Waals surface area contributed by atoms with Crippen LogP contribution >= 0.6 is 0 Å². The lowest BCUT2D eigenvalue weighted by Gasteiger charge is -2.14. The molecule has 0 aliphatic carbocycles. The first kappa shape index (κ1) is 14.8. The smallest absolute Gasteiger partial charge is 0.240 e. The summed E-state index contributed by atoms with van der Waals surface area (Å²) in [5.41, 5.74) is 0.910. The Labute approximate surface area is 119 Å². The number of hydrogen-bond donors (Lipinski definition) is 2. The number of furan rings is 1. The van der Waals surface area contributed by atoms with Crippen LogP contribution in [-0.2, 0) is 16.6 Å². The van der Waals surface area contributed by atoms with Crippen molar-refractivity contribution in [3.8, 4) is 0 Å². The number of benzene rings is 1. The largest absolute Gasteiger partial charge is 0.468 e. The predicted molar refractivity (Wildman–Crippen MR) is 76.7 cm³/mol. The Kier molecular flexibility index (Phi) is 4.59. The van der Waals surface area contributed by atoms with E-state index in [2.05, 4.69) is 10.0 Å². The number of rotatable bonds is 6. The summed E-state index contributed by atoms with van der Waals surface area (Å²) < 4.78 is 31.1. The molecule has 0 unspecified atom stereocenters. The maximum absolute atomic E-state index is 11.8. The molecule has 0 radical (unpaired) electrons. The number of nitrogens with one attached hydrogen (secondary N) is 2. The molecule has 6 heteroatoms. The van der Waals surface area contributed by atoms with Crippen LogP contribution in [0.25, 0.3) is 0 Å². The molecule has 2 rings (SSSR count). The summed E-state index contributed by atoms with van der Waals surface area (Å²) in [6, 6.07) is 10.6. The molecule has 0 fully saturated rings. The van der Waals surface area contributed by atoms with Gasteiger partial charge in [-0.15, -0.1) is 0 Å². The Bertz CT molecular complexity index is 651. The van der Waals surface area contributed by atoms with E-state index in [-0.39, 0.29) is 10.9 Å². The van der Waals surface area contributed by atoms with Gasteiger partial charge >= 0.3 is 0 Å². The van der Waals surface area contributed by atoms with E-state index in [4.69, 9.17) is 4.42 Å². The molecule has 0 spiro atoms. The SMILES string of the molecule is CNS(=O)(=O)c1cccc([C@@H](C)NCc2ccco2)c1. The van der Waals surface area contributed by atoms with Gasteiger partial charge in [-0.3, -0.25) is 0 Å². The Morgan fingerprint density at radius 1 is 1.25 bits per heavy atom. The maximum atomic E-state index is 11.8. The zero-order chi connectivity index (χ0) is 14.6. The second-order valence-corrected chi connectivity index (χ2v) is 6.35. The summed E-state index contributed by atoms with van der Waals surface area (Å²) in [5.74, 6) is 0.843. The van der Waals surface area contributed by atoms with Crippen LogP contribution in [0.5, 0.6) is 0 Å². The first-order chi connectivity index (χ1) is 9.53. The summed E-state index contributed by atoms with van der Waals surface area (Å²) in [6.45, 7) is 2.57. The van der Waals surface area contributed by atoms with E-state index in [0.717, 1.165) is 11.3 Å². The van der Waals surface area contributed by atoms with Gasteiger partial charge in [0.25, 0.3) is 0 Å². The molecule has 0 aliphatic rings. The summed E-state index contributed by atoms with van der Waals surface area (Å²) in [4.78, 5) is 0.268. The molecule has 2 aromatic rings. The van der Waals surface area contributed by atoms with Crippen molar-refractivity contribution in [3.63, 3.8) is 0 Å². The van der Waals surface area contributed by atoms with E-state index in [9.17, 15) is 8.42 Å². The van der Waals surface area contributed by atoms with Crippen LogP contribution in [0.1, 0.15) is 24.3 Å². The van der Waals surface area contributed by atoms with Gasteiger partial charge in [-0.05, 0) is 43.8 Å². The van der Waals surface area contributed by atoms with E-state index in [1.165, 1.54) is 7.05 Å². The van der Waals surface area contributed by atoms with E-state index < -0.39 is 10.0 Å². The van der Waals surface area contributed by atoms with Gasteiger partial charge in [0, 0.05) is 6.04 Å². The van der Waals surface area contributed by atoms with Gasteiger partial charge in [-0.1, -0.05) is 12.1 Å². The quantitative estimate of drug-likeness (QED) is 0.855. The van der Waals surface area contributed by atoms with Crippen molar-refractivity contribution >= 4 is 10.0 Å². The lowest BCUT2D eigenvalue weighted by atomic mass is 10.1. The highest BCUT2D eigenvalue weighted by Gasteiger charge is 2.13. The van der Waals surface area contributed by atoms with Crippen molar-refractivity contribution in [2.24, 2.45) is 0 Å². The zero-order valence-corrected chi connectivity index (χ0v) is 12.3. The van der Waals surface area contributed by atoms with Crippen LogP contribution < -0.4 is 10.0 Å². The molecule has 0 saturated carbocycles. The third kappa shape index (κ3) is 3.47. The molecule has 0 amide bonds. The third-order valence-electron chi connectivity index (χ3n) is 3.10. The average Bonchev–Trinajstić information content (AvgIpc) is 2.98. The van der Waals surface area contributed by atoms with Gasteiger partial charge in [0.2, 0.25) is 10.0 Å². The second kappa shape index (κ2) is 6.21. The molecule has 20 heavy (non-hydrogen) atoms. The van der Waals surface area contributed by atoms with Gasteiger partial charge < -0.3 is 9.73 Å². The highest BCUT2D eigenvalue weighted by molar-refractivity contribution is 7.89. The normalized spacial score (nSPS) is 13.3. The third-order valence-corrected chi connectivity index (χ3v) is 4.51. The van der Waals surface area contributed by atoms with Crippen LogP contribution in [-0.4, -0.2) is 15.5 Å². The summed E-state index contributed by atoms with van der Waals surface area (Å²) in [6.07, 6.45) is 1.63. The van der Waals surface area contributed by atoms with Crippen LogP contribution in [0.4, 0.5) is 0 Å². The van der Waals surface area contributed by atoms with Gasteiger partial charge in [0.05, 0.1) is 17.7 Å². The minimum Gasteiger partial charge on any atom is -0.468 e. The van der Waals surface area contributed by atoms with Gasteiger partial charge in [0.15, 0.2) is 0 Å². The topological polar surface area (TPSA) is 71.3 Å². The van der Waals surface area contributed by atoms with Crippen molar-refractivity contribution in [3.05, 3.63) is 54.0 Å². The van der Waals surface area contributed by atoms with Crippen molar-refractivity contribution in [2.45, 2.75) is 24.4 Å². The minimum atomic E-state index is -3.41. The fraction of sp³-hybridized carbons (Fsp3) is 0.286. The Balaban J connectivity index is 2.10. The molecule has 0 saturated heterocycles. The van der Waals surface area contributed by atoms with Crippen molar-refractivity contribution in [2.75, 3.05) is 7.05 Å². The van der Waals surface area contributed by atoms with Crippen LogP contribution in [0.2, 0.25) is 0 Å². The first-order valence-corrected chi connectivity index (χ1v) is 7.80. The minimum absolute atomic E-state index is 0.0205. The molecule has 0 bridgehead atoms. The van der Waals surface area contributed by atoms with Crippen LogP contribution in [0.3, 0.4) is 0 Å². The van der Waals surface area contributed by atoms with Gasteiger partial charge in [0.1, 0.15) is 5.76 Å². The van der Waals surface area contributed by atoms with E-state index in [0.29, 0.717) is 6.54 Å². The zero-order valence-electron chi connectivity index (χ0n) is 11.5. The molecule has 5 nitrogen and oxygen atoms in total. The molecule has 0 aliphatic heterocycles. The van der Waals surface area contributed by atoms with Crippen molar-refractivity contribution < 1.29 is 12.8 Å². The molecular weight excluding hydrogens is 276 g/mol. The highest BCUT2D eigenvalue weighted by atomic mass is 32.2. The molecule has 1 aromatic carbocycles. The number of sulfonamides is 1. The Morgan fingerprint density at radius 2 is 2.05 bits per heavy atom. The standard InChI is InChI=1S/C14H18N2O3S/c1-11(16-10-13-6-4-8-19-13)12-5-3-7-14(9-12)20(17,18)15-2/h3-9,11,15-16H,10H2,1-2H3/t11-/m1/s1. The van der Waals surface area contributed by atoms with Crippen LogP contribution in [0, 0.1) is 0 Å². The number of hydrogen-bond acceptors (Lipinski definition) is 4. The first-order valence-electron chi connectivity index (χ1n) is 6.32. The van der Waals surface area contributed by atoms with E-state index >= 15 is 0 Å². The Morgan fingerprint density at radius 3 is 2.70 bits per heavy atom. The average molecular weight is 294 g/mol. The van der Waals surface area contributed by atoms with Crippen molar-refractivity contribution in [1.82, 2.24) is 10.0 Å². The van der Waals surface area contributed by atoms with Crippen LogP contribution in [0.15, 0.2) is 52.0 Å². The Hall–Kier alpha value is -1.63. The predicted octanol–water partition coefficient (Wildman–Crippen LogP) is 2.04. The second-order valence-electron chi connectivity index (χ2n) is 4.46. The summed E-state index contributed by atoms with van der Waals surface area (Å²) >= 11 is 0. The molecule has 1 heterocycles. The molecule has 1 aromatic heterocycles. The summed E-state index contributed by atoms with van der Waals surface area (Å²) in [5, 5.41) is 3.29. The molecule has 1 atom stereocenters. The lowest BCUT2D eigenvalue weighted by Crippen LogP contribution is -2.20. The molecule has 108 valence electrons. The molecule has 2 N–H and O–H groups in total. The van der Waals surface area contributed by atoms with Gasteiger partial charge in [-0.2, -0.15) is 0 Å². The van der Waals surface area contributed by atoms with Crippen molar-refractivity contribution in [1.29, 1.82) is 0 Å². The summed E-state index contributed by atoms with van der Waals surface area (Å²) in [7, 11) is -2.01. The lowest BCUT2D eigenvalue weighted by molar-refractivity contribution is 0.460. The monoisotopic (exact) mass is 294 g/mol. The fourth-order valence-electron chi connectivity index (χ4n) is 1.85. The van der Waals surface area contributed by atoms with Gasteiger partial charge in [-0.25, -0.2) is 13.1 Å².